The Morgan fingerprint density at radius 3 is 2.40 bits per heavy atom. The van der Waals surface area contributed by atoms with Gasteiger partial charge in [0.25, 0.3) is 5.91 Å². The first kappa shape index (κ1) is 26.1. The molecule has 9 heteroatoms. The maximum absolute atomic E-state index is 14.0. The molecule has 1 unspecified atom stereocenters. The van der Waals surface area contributed by atoms with Gasteiger partial charge in [-0.2, -0.15) is 5.26 Å². The van der Waals surface area contributed by atoms with Crippen molar-refractivity contribution < 1.29 is 19.5 Å². The Bertz CT molecular complexity index is 1170. The van der Waals surface area contributed by atoms with Crippen LogP contribution in [0.1, 0.15) is 68.0 Å². The Labute approximate surface area is 209 Å². The molecule has 0 fully saturated rings. The fourth-order valence-corrected chi connectivity index (χ4v) is 5.13. The lowest BCUT2D eigenvalue weighted by molar-refractivity contribution is -0.148. The van der Waals surface area contributed by atoms with Crippen LogP contribution in [0.5, 0.6) is 0 Å². The zero-order valence-electron chi connectivity index (χ0n) is 20.5. The predicted octanol–water partition coefficient (Wildman–Crippen LogP) is 4.07. The summed E-state index contributed by atoms with van der Waals surface area (Å²) in [6.07, 6.45) is 3.02. The van der Waals surface area contributed by atoms with Crippen molar-refractivity contribution in [3.05, 3.63) is 63.6 Å². The van der Waals surface area contributed by atoms with E-state index < -0.39 is 29.4 Å². The van der Waals surface area contributed by atoms with Gasteiger partial charge in [0, 0.05) is 22.7 Å². The van der Waals surface area contributed by atoms with Crippen molar-refractivity contribution >= 4 is 29.1 Å². The van der Waals surface area contributed by atoms with Crippen LogP contribution in [-0.4, -0.2) is 44.9 Å². The molecule has 35 heavy (non-hydrogen) atoms. The first-order valence-corrected chi connectivity index (χ1v) is 12.2. The minimum Gasteiger partial charge on any atom is -0.479 e. The van der Waals surface area contributed by atoms with E-state index in [4.69, 9.17) is 5.26 Å². The quantitative estimate of drug-likeness (QED) is 0.559. The summed E-state index contributed by atoms with van der Waals surface area (Å²) in [7, 11) is 0. The number of carboxylic acid groups (broad SMARTS) is 1. The van der Waals surface area contributed by atoms with Gasteiger partial charge >= 0.3 is 5.97 Å². The van der Waals surface area contributed by atoms with Crippen molar-refractivity contribution in [3.63, 3.8) is 0 Å². The second-order valence-corrected chi connectivity index (χ2v) is 11.0. The van der Waals surface area contributed by atoms with Gasteiger partial charge in [0.15, 0.2) is 5.54 Å². The van der Waals surface area contributed by atoms with Gasteiger partial charge in [0.2, 0.25) is 5.91 Å². The van der Waals surface area contributed by atoms with Crippen molar-refractivity contribution in [2.24, 2.45) is 5.92 Å². The smallest absolute Gasteiger partial charge is 0.333 e. The van der Waals surface area contributed by atoms with Crippen LogP contribution in [0.3, 0.4) is 0 Å². The number of aliphatic carboxylic acids is 1. The molecule has 0 saturated heterocycles. The van der Waals surface area contributed by atoms with Gasteiger partial charge in [-0.1, -0.05) is 46.8 Å². The van der Waals surface area contributed by atoms with Crippen LogP contribution < -0.4 is 5.32 Å². The molecule has 2 atom stereocenters. The molecular formula is C26H30N4O4S. The lowest BCUT2D eigenvalue weighted by atomic mass is 9.86. The average molecular weight is 495 g/mol. The third kappa shape index (κ3) is 5.13. The van der Waals surface area contributed by atoms with E-state index in [0.29, 0.717) is 10.6 Å². The van der Waals surface area contributed by atoms with Crippen LogP contribution in [0, 0.1) is 17.2 Å². The molecule has 1 aromatic heterocycles. The summed E-state index contributed by atoms with van der Waals surface area (Å²) >= 11 is 1.23. The zero-order valence-corrected chi connectivity index (χ0v) is 21.3. The lowest BCUT2D eigenvalue weighted by Gasteiger charge is -2.39. The van der Waals surface area contributed by atoms with Gasteiger partial charge in [-0.15, -0.1) is 11.3 Å². The van der Waals surface area contributed by atoms with E-state index in [2.05, 4.69) is 31.1 Å². The van der Waals surface area contributed by atoms with Gasteiger partial charge in [-0.05, 0) is 41.5 Å². The first-order valence-electron chi connectivity index (χ1n) is 11.4. The fourth-order valence-electron chi connectivity index (χ4n) is 4.38. The number of nitriles is 1. The Balaban J connectivity index is 2.20. The van der Waals surface area contributed by atoms with Crippen LogP contribution in [0.4, 0.5) is 0 Å². The first-order chi connectivity index (χ1) is 16.4. The Morgan fingerprint density at radius 2 is 1.91 bits per heavy atom. The molecule has 0 aliphatic carbocycles. The number of carboxylic acids is 1. The van der Waals surface area contributed by atoms with Gasteiger partial charge in [0.05, 0.1) is 6.07 Å². The van der Waals surface area contributed by atoms with Crippen molar-refractivity contribution in [3.8, 4) is 6.07 Å². The summed E-state index contributed by atoms with van der Waals surface area (Å²) in [6.45, 7) is 9.69. The molecule has 1 aliphatic rings. The van der Waals surface area contributed by atoms with E-state index in [1.165, 1.54) is 22.3 Å². The number of rotatable bonds is 7. The van der Waals surface area contributed by atoms with Gasteiger partial charge in [-0.25, -0.2) is 9.78 Å². The van der Waals surface area contributed by atoms with Crippen LogP contribution in [0.25, 0.3) is 0 Å². The molecule has 0 spiro atoms. The second-order valence-electron chi connectivity index (χ2n) is 10.0. The summed E-state index contributed by atoms with van der Waals surface area (Å²) in [5.41, 5.74) is -0.426. The van der Waals surface area contributed by atoms with E-state index in [1.807, 2.05) is 32.0 Å². The number of carbonyl (C=O) groups excluding carboxylic acids is 2. The number of nitrogens with one attached hydrogen (secondary N) is 1. The number of benzene rings is 1. The molecule has 0 saturated carbocycles. The summed E-state index contributed by atoms with van der Waals surface area (Å²) in [4.78, 5) is 45.6. The Morgan fingerprint density at radius 1 is 1.26 bits per heavy atom. The highest BCUT2D eigenvalue weighted by molar-refractivity contribution is 7.09. The van der Waals surface area contributed by atoms with Gasteiger partial charge < -0.3 is 15.3 Å². The molecule has 2 heterocycles. The fraction of sp³-hybridized carbons (Fsp3) is 0.423. The summed E-state index contributed by atoms with van der Waals surface area (Å²) in [6, 6.07) is 7.96. The SMILES string of the molecule is CC(C)C[C@@]1(C(=O)O)C=C(C(=O)NCC#N)C(c2nccs2)N1C(=O)c1ccc(C(C)(C)C)cc1. The van der Waals surface area contributed by atoms with Crippen LogP contribution >= 0.6 is 11.3 Å². The maximum atomic E-state index is 14.0. The molecule has 2 amide bonds. The third-order valence-electron chi connectivity index (χ3n) is 5.96. The largest absolute Gasteiger partial charge is 0.479 e. The van der Waals surface area contributed by atoms with Gasteiger partial charge in [-0.3, -0.25) is 9.59 Å². The molecular weight excluding hydrogens is 464 g/mol. The zero-order chi connectivity index (χ0) is 26.0. The number of thiazole rings is 1. The Hall–Kier alpha value is -3.51. The van der Waals surface area contributed by atoms with Gasteiger partial charge in [0.1, 0.15) is 17.6 Å². The van der Waals surface area contributed by atoms with Crippen LogP contribution in [-0.2, 0) is 15.0 Å². The molecule has 1 aliphatic heterocycles. The van der Waals surface area contributed by atoms with Crippen LogP contribution in [0.15, 0.2) is 47.5 Å². The molecule has 0 bridgehead atoms. The number of hydrogen-bond acceptors (Lipinski definition) is 6. The van der Waals surface area contributed by atoms with Crippen molar-refractivity contribution in [1.82, 2.24) is 15.2 Å². The molecule has 8 nitrogen and oxygen atoms in total. The average Bonchev–Trinajstić information content (AvgIpc) is 3.43. The van der Waals surface area contributed by atoms with E-state index in [9.17, 15) is 19.5 Å². The topological polar surface area (TPSA) is 123 Å². The number of hydrogen-bond donors (Lipinski definition) is 2. The van der Waals surface area contributed by atoms with E-state index >= 15 is 0 Å². The van der Waals surface area contributed by atoms with Crippen molar-refractivity contribution in [2.75, 3.05) is 6.54 Å². The molecule has 2 aromatic rings. The lowest BCUT2D eigenvalue weighted by Crippen LogP contribution is -2.55. The van der Waals surface area contributed by atoms with E-state index in [0.717, 1.165) is 5.56 Å². The number of carbonyl (C=O) groups is 3. The highest BCUT2D eigenvalue weighted by Crippen LogP contribution is 2.47. The normalized spacial score (nSPS) is 19.9. The molecule has 184 valence electrons. The van der Waals surface area contributed by atoms with Crippen LogP contribution in [0.2, 0.25) is 0 Å². The highest BCUT2D eigenvalue weighted by atomic mass is 32.1. The number of nitrogens with zero attached hydrogens (tertiary/aromatic N) is 3. The van der Waals surface area contributed by atoms with E-state index in [-0.39, 0.29) is 29.9 Å². The van der Waals surface area contributed by atoms with Crippen molar-refractivity contribution in [2.45, 2.75) is 58.0 Å². The maximum Gasteiger partial charge on any atom is 0.333 e. The number of amides is 2. The monoisotopic (exact) mass is 494 g/mol. The molecule has 3 rings (SSSR count). The molecule has 1 aromatic carbocycles. The third-order valence-corrected chi connectivity index (χ3v) is 6.79. The van der Waals surface area contributed by atoms with Crippen molar-refractivity contribution in [1.29, 1.82) is 5.26 Å². The summed E-state index contributed by atoms with van der Waals surface area (Å²) < 4.78 is 0. The predicted molar refractivity (Wildman–Crippen MR) is 133 cm³/mol. The standard InChI is InChI=1S/C26H30N4O4S/c1-16(2)14-26(24(33)34)15-19(21(31)28-11-10-27)20(22-29-12-13-35-22)30(26)23(32)17-6-8-18(9-7-17)25(3,4)5/h6-9,12-13,15-16,20H,11,14H2,1-5H3,(H,28,31)(H,33,34)/t20?,26-/m0/s1. The molecule has 2 N–H and O–H groups in total. The minimum absolute atomic E-state index is 0.0953. The second kappa shape index (κ2) is 10.0. The highest BCUT2D eigenvalue weighted by Gasteiger charge is 2.56. The minimum atomic E-state index is -1.76. The summed E-state index contributed by atoms with van der Waals surface area (Å²) in [5.74, 6) is -2.43. The Kier molecular flexibility index (Phi) is 7.46. The number of aromatic nitrogens is 1. The molecule has 0 radical (unpaired) electrons. The van der Waals surface area contributed by atoms with E-state index in [1.54, 1.807) is 23.7 Å². The summed E-state index contributed by atoms with van der Waals surface area (Å²) in [5, 5.41) is 24.0.